The number of likely N-dealkylation sites (tertiary alicyclic amines) is 1. The Balaban J connectivity index is 2.14. The van der Waals surface area contributed by atoms with Crippen LogP contribution in [0.1, 0.15) is 37.8 Å². The minimum absolute atomic E-state index is 0.124. The van der Waals surface area contributed by atoms with Crippen molar-refractivity contribution in [1.29, 1.82) is 0 Å². The minimum Gasteiger partial charge on any atom is -0.389 e. The van der Waals surface area contributed by atoms with Crippen LogP contribution in [0.25, 0.3) is 0 Å². The molecule has 0 bridgehead atoms. The van der Waals surface area contributed by atoms with Crippen LogP contribution in [0.15, 0.2) is 18.2 Å². The van der Waals surface area contributed by atoms with E-state index in [9.17, 15) is 4.39 Å². The van der Waals surface area contributed by atoms with E-state index in [-0.39, 0.29) is 10.8 Å². The molecule has 1 aromatic carbocycles. The van der Waals surface area contributed by atoms with E-state index in [1.54, 1.807) is 6.07 Å². The molecule has 104 valence electrons. The van der Waals surface area contributed by atoms with Crippen LogP contribution >= 0.6 is 12.2 Å². The third-order valence-corrected chi connectivity index (χ3v) is 4.15. The van der Waals surface area contributed by atoms with Crippen LogP contribution in [-0.2, 0) is 6.54 Å². The second-order valence-corrected chi connectivity index (χ2v) is 6.08. The molecule has 0 aliphatic carbocycles. The number of piperidine rings is 1. The van der Waals surface area contributed by atoms with Gasteiger partial charge >= 0.3 is 0 Å². The molecule has 4 heteroatoms. The maximum absolute atomic E-state index is 13.6. The van der Waals surface area contributed by atoms with Crippen LogP contribution in [0.3, 0.4) is 0 Å². The predicted molar refractivity (Wildman–Crippen MR) is 80.6 cm³/mol. The van der Waals surface area contributed by atoms with Gasteiger partial charge in [-0.25, -0.2) is 4.39 Å². The van der Waals surface area contributed by atoms with Crippen LogP contribution < -0.4 is 5.73 Å². The summed E-state index contributed by atoms with van der Waals surface area (Å²) in [4.78, 5) is 2.57. The molecule has 1 aliphatic heterocycles. The number of rotatable bonds is 3. The number of halogens is 1. The smallest absolute Gasteiger partial charge is 0.133 e. The fourth-order valence-corrected chi connectivity index (χ4v) is 2.85. The van der Waals surface area contributed by atoms with Crippen molar-refractivity contribution in [1.82, 2.24) is 4.90 Å². The molecule has 1 fully saturated rings. The Labute approximate surface area is 119 Å². The molecule has 1 aliphatic rings. The van der Waals surface area contributed by atoms with Crippen molar-refractivity contribution in [3.8, 4) is 0 Å². The first-order chi connectivity index (χ1) is 8.97. The zero-order chi connectivity index (χ0) is 14.0. The summed E-state index contributed by atoms with van der Waals surface area (Å²) >= 11 is 4.88. The average molecular weight is 280 g/mol. The standard InChI is InChI=1S/C15H21FN2S/c1-10-3-4-11(2)18(8-10)9-12-5-6-14(16)13(7-12)15(17)19/h5-7,10-11H,3-4,8-9H2,1-2H3,(H2,17,19). The third-order valence-electron chi connectivity index (χ3n) is 3.93. The van der Waals surface area contributed by atoms with Crippen LogP contribution in [0.4, 0.5) is 4.39 Å². The number of nitrogens with zero attached hydrogens (tertiary/aromatic N) is 1. The summed E-state index contributed by atoms with van der Waals surface area (Å²) in [5.74, 6) is 0.392. The molecule has 1 aromatic rings. The quantitative estimate of drug-likeness (QED) is 0.863. The highest BCUT2D eigenvalue weighted by molar-refractivity contribution is 7.80. The van der Waals surface area contributed by atoms with Crippen molar-refractivity contribution in [2.75, 3.05) is 6.54 Å². The molecule has 2 N–H and O–H groups in total. The van der Waals surface area contributed by atoms with Crippen molar-refractivity contribution < 1.29 is 4.39 Å². The lowest BCUT2D eigenvalue weighted by molar-refractivity contribution is 0.117. The van der Waals surface area contributed by atoms with Crippen molar-refractivity contribution in [3.63, 3.8) is 0 Å². The van der Waals surface area contributed by atoms with Crippen molar-refractivity contribution in [2.24, 2.45) is 11.7 Å². The van der Waals surface area contributed by atoms with Gasteiger partial charge in [0.25, 0.3) is 0 Å². The largest absolute Gasteiger partial charge is 0.389 e. The molecule has 1 heterocycles. The van der Waals surface area contributed by atoms with Gasteiger partial charge in [-0.15, -0.1) is 0 Å². The molecule has 0 aromatic heterocycles. The van der Waals surface area contributed by atoms with E-state index in [0.717, 1.165) is 24.6 Å². The van der Waals surface area contributed by atoms with E-state index in [4.69, 9.17) is 18.0 Å². The lowest BCUT2D eigenvalue weighted by Crippen LogP contribution is -2.40. The van der Waals surface area contributed by atoms with Crippen molar-refractivity contribution in [3.05, 3.63) is 35.1 Å². The van der Waals surface area contributed by atoms with Crippen LogP contribution in [0.2, 0.25) is 0 Å². The summed E-state index contributed by atoms with van der Waals surface area (Å²) in [5, 5.41) is 0. The highest BCUT2D eigenvalue weighted by atomic mass is 32.1. The van der Waals surface area contributed by atoms with E-state index in [2.05, 4.69) is 18.7 Å². The third kappa shape index (κ3) is 3.51. The minimum atomic E-state index is -0.337. The summed E-state index contributed by atoms with van der Waals surface area (Å²) in [6, 6.07) is 5.64. The van der Waals surface area contributed by atoms with E-state index in [0.29, 0.717) is 11.6 Å². The summed E-state index contributed by atoms with van der Waals surface area (Å²) < 4.78 is 13.6. The molecular weight excluding hydrogens is 259 g/mol. The number of hydrogen-bond acceptors (Lipinski definition) is 2. The molecule has 0 radical (unpaired) electrons. The first-order valence-corrected chi connectivity index (χ1v) is 7.20. The fourth-order valence-electron chi connectivity index (χ4n) is 2.69. The Morgan fingerprint density at radius 3 is 2.84 bits per heavy atom. The number of hydrogen-bond donors (Lipinski definition) is 1. The number of benzene rings is 1. The first kappa shape index (κ1) is 14.4. The summed E-state index contributed by atoms with van der Waals surface area (Å²) in [6.45, 7) is 6.47. The summed E-state index contributed by atoms with van der Waals surface area (Å²) in [6.07, 6.45) is 2.52. The fraction of sp³-hybridized carbons (Fsp3) is 0.533. The molecular formula is C15H21FN2S. The molecule has 0 saturated carbocycles. The molecule has 0 spiro atoms. The Hall–Kier alpha value is -1.00. The van der Waals surface area contributed by atoms with Gasteiger partial charge in [-0.2, -0.15) is 0 Å². The lowest BCUT2D eigenvalue weighted by Gasteiger charge is -2.36. The van der Waals surface area contributed by atoms with E-state index < -0.39 is 0 Å². The van der Waals surface area contributed by atoms with E-state index in [1.165, 1.54) is 18.9 Å². The van der Waals surface area contributed by atoms with E-state index >= 15 is 0 Å². The van der Waals surface area contributed by atoms with Crippen LogP contribution in [0.5, 0.6) is 0 Å². The normalized spacial score (nSPS) is 24.4. The average Bonchev–Trinajstić information content (AvgIpc) is 2.36. The number of thiocarbonyl (C=S) groups is 1. The molecule has 1 saturated heterocycles. The monoisotopic (exact) mass is 280 g/mol. The van der Waals surface area contributed by atoms with Crippen LogP contribution in [0, 0.1) is 11.7 Å². The van der Waals surface area contributed by atoms with Gasteiger partial charge in [-0.3, -0.25) is 4.90 Å². The topological polar surface area (TPSA) is 29.3 Å². The maximum Gasteiger partial charge on any atom is 0.133 e. The predicted octanol–water partition coefficient (Wildman–Crippen LogP) is 3.08. The Bertz CT molecular complexity index is 475. The van der Waals surface area contributed by atoms with Gasteiger partial charge in [0.1, 0.15) is 10.8 Å². The van der Waals surface area contributed by atoms with E-state index in [1.807, 2.05) is 6.07 Å². The zero-order valence-corrected chi connectivity index (χ0v) is 12.3. The SMILES string of the molecule is CC1CCC(C)N(Cc2ccc(F)c(C(N)=S)c2)C1. The molecule has 2 nitrogen and oxygen atoms in total. The molecule has 2 unspecified atom stereocenters. The molecule has 19 heavy (non-hydrogen) atoms. The highest BCUT2D eigenvalue weighted by Crippen LogP contribution is 2.23. The van der Waals surface area contributed by atoms with Gasteiger partial charge in [0.2, 0.25) is 0 Å². The molecule has 0 amide bonds. The van der Waals surface area contributed by atoms with Crippen molar-refractivity contribution in [2.45, 2.75) is 39.3 Å². The van der Waals surface area contributed by atoms with Gasteiger partial charge in [0, 0.05) is 24.7 Å². The Kier molecular flexibility index (Phi) is 4.53. The lowest BCUT2D eigenvalue weighted by atomic mass is 9.94. The van der Waals surface area contributed by atoms with Gasteiger partial charge in [0.15, 0.2) is 0 Å². The summed E-state index contributed by atoms with van der Waals surface area (Å²) in [5.41, 5.74) is 6.97. The van der Waals surface area contributed by atoms with Crippen molar-refractivity contribution >= 4 is 17.2 Å². The first-order valence-electron chi connectivity index (χ1n) is 6.79. The zero-order valence-electron chi connectivity index (χ0n) is 11.5. The van der Waals surface area contributed by atoms with Gasteiger partial charge < -0.3 is 5.73 Å². The van der Waals surface area contributed by atoms with Gasteiger partial charge in [-0.05, 0) is 43.4 Å². The second kappa shape index (κ2) is 5.97. The van der Waals surface area contributed by atoms with Gasteiger partial charge in [0.05, 0.1) is 0 Å². The highest BCUT2D eigenvalue weighted by Gasteiger charge is 2.23. The van der Waals surface area contributed by atoms with Crippen LogP contribution in [-0.4, -0.2) is 22.5 Å². The summed E-state index contributed by atoms with van der Waals surface area (Å²) in [7, 11) is 0. The molecule has 2 atom stereocenters. The maximum atomic E-state index is 13.6. The number of nitrogens with two attached hydrogens (primary N) is 1. The Morgan fingerprint density at radius 1 is 1.42 bits per heavy atom. The second-order valence-electron chi connectivity index (χ2n) is 5.64. The van der Waals surface area contributed by atoms with Gasteiger partial charge in [-0.1, -0.05) is 25.2 Å². The molecule has 2 rings (SSSR count). The Morgan fingerprint density at radius 2 is 2.16 bits per heavy atom.